The van der Waals surface area contributed by atoms with Gasteiger partial charge in [0.1, 0.15) is 5.65 Å². The molecule has 0 radical (unpaired) electrons. The number of nitrogens with one attached hydrogen (secondary N) is 1. The first-order valence-corrected chi connectivity index (χ1v) is 10.6. The number of hydrogen-bond acceptors (Lipinski definition) is 7. The Morgan fingerprint density at radius 1 is 1.17 bits per heavy atom. The van der Waals surface area contributed by atoms with Crippen molar-refractivity contribution in [2.24, 2.45) is 0 Å². The molecule has 3 aromatic heterocycles. The van der Waals surface area contributed by atoms with Crippen molar-refractivity contribution in [2.75, 3.05) is 5.32 Å². The molecule has 0 aliphatic rings. The number of anilines is 1. The van der Waals surface area contributed by atoms with Gasteiger partial charge in [-0.3, -0.25) is 19.3 Å². The van der Waals surface area contributed by atoms with Gasteiger partial charge in [-0.1, -0.05) is 41.3 Å². The molecule has 29 heavy (non-hydrogen) atoms. The molecular weight excluding hydrogens is 406 g/mol. The Morgan fingerprint density at radius 3 is 2.83 bits per heavy atom. The lowest BCUT2D eigenvalue weighted by molar-refractivity contribution is 0.102. The van der Waals surface area contributed by atoms with E-state index in [-0.39, 0.29) is 11.5 Å². The van der Waals surface area contributed by atoms with Crippen molar-refractivity contribution < 1.29 is 4.79 Å². The number of nitrogens with zero attached hydrogens (tertiary/aromatic N) is 4. The maximum atomic E-state index is 12.4. The highest BCUT2D eigenvalue weighted by Gasteiger charge is 2.13. The molecule has 9 heteroatoms. The Morgan fingerprint density at radius 2 is 2.00 bits per heavy atom. The minimum absolute atomic E-state index is 0.117. The van der Waals surface area contributed by atoms with E-state index >= 15 is 0 Å². The van der Waals surface area contributed by atoms with Crippen LogP contribution in [0.15, 0.2) is 57.8 Å². The van der Waals surface area contributed by atoms with Crippen molar-refractivity contribution in [2.45, 2.75) is 23.9 Å². The zero-order chi connectivity index (χ0) is 20.4. The van der Waals surface area contributed by atoms with E-state index in [1.165, 1.54) is 33.6 Å². The molecule has 0 saturated heterocycles. The molecule has 3 heterocycles. The normalized spacial score (nSPS) is 11.0. The van der Waals surface area contributed by atoms with Crippen LogP contribution < -0.4 is 10.9 Å². The molecule has 1 amide bonds. The largest absolute Gasteiger partial charge is 0.296 e. The number of benzene rings is 1. The summed E-state index contributed by atoms with van der Waals surface area (Å²) in [6.45, 7) is 3.85. The number of fused-ring (bicyclic) bond motifs is 1. The fourth-order valence-electron chi connectivity index (χ4n) is 2.77. The molecule has 0 aliphatic carbocycles. The molecule has 0 spiro atoms. The van der Waals surface area contributed by atoms with Gasteiger partial charge in [-0.05, 0) is 43.2 Å². The fraction of sp³-hybridized carbons (Fsp3) is 0.150. The highest BCUT2D eigenvalue weighted by atomic mass is 32.2. The van der Waals surface area contributed by atoms with E-state index in [1.807, 2.05) is 44.2 Å². The van der Waals surface area contributed by atoms with Gasteiger partial charge in [-0.15, -0.1) is 10.2 Å². The maximum Gasteiger partial charge on any atom is 0.258 e. The smallest absolute Gasteiger partial charge is 0.258 e. The van der Waals surface area contributed by atoms with Crippen molar-refractivity contribution in [1.29, 1.82) is 0 Å². The second-order valence-corrected chi connectivity index (χ2v) is 8.65. The second kappa shape index (κ2) is 8.14. The lowest BCUT2D eigenvalue weighted by atomic mass is 10.1. The van der Waals surface area contributed by atoms with Gasteiger partial charge in [0.05, 0.1) is 5.69 Å². The van der Waals surface area contributed by atoms with Gasteiger partial charge < -0.3 is 0 Å². The van der Waals surface area contributed by atoms with Crippen molar-refractivity contribution >= 4 is 39.8 Å². The lowest BCUT2D eigenvalue weighted by Gasteiger charge is -2.04. The Bertz CT molecular complexity index is 1270. The average Bonchev–Trinajstić information content (AvgIpc) is 3.13. The monoisotopic (exact) mass is 423 g/mol. The van der Waals surface area contributed by atoms with Gasteiger partial charge in [-0.25, -0.2) is 4.98 Å². The fourth-order valence-corrected chi connectivity index (χ4v) is 4.41. The van der Waals surface area contributed by atoms with Crippen LogP contribution >= 0.6 is 23.1 Å². The first-order chi connectivity index (χ1) is 14.0. The van der Waals surface area contributed by atoms with Crippen LogP contribution in [-0.4, -0.2) is 25.5 Å². The molecule has 1 N–H and O–H groups in total. The molecule has 0 bridgehead atoms. The summed E-state index contributed by atoms with van der Waals surface area (Å²) in [5.74, 6) is 0.274. The standard InChI is InChI=1S/C20H17N5O2S2/c1-12-7-8-25-16(9-12)21-14(10-17(25)26)11-28-20-24-23-19(29-20)22-18(27)15-6-4-3-5-13(15)2/h3-10H,11H2,1-2H3,(H,22,23,27). The third-order valence-corrected chi connectivity index (χ3v) is 6.24. The first-order valence-electron chi connectivity index (χ1n) is 8.82. The van der Waals surface area contributed by atoms with Gasteiger partial charge in [0.2, 0.25) is 5.13 Å². The Balaban J connectivity index is 1.45. The molecule has 4 rings (SSSR count). The molecule has 0 unspecified atom stereocenters. The third-order valence-electron chi connectivity index (χ3n) is 4.24. The summed E-state index contributed by atoms with van der Waals surface area (Å²) in [4.78, 5) is 29.2. The Hall–Kier alpha value is -3.04. The summed E-state index contributed by atoms with van der Waals surface area (Å²) in [5.41, 5.74) is 3.72. The predicted molar refractivity (Wildman–Crippen MR) is 115 cm³/mol. The maximum absolute atomic E-state index is 12.4. The molecule has 0 saturated carbocycles. The van der Waals surface area contributed by atoms with Gasteiger partial charge in [-0.2, -0.15) is 0 Å². The molecule has 146 valence electrons. The van der Waals surface area contributed by atoms with E-state index in [0.29, 0.717) is 32.1 Å². The summed E-state index contributed by atoms with van der Waals surface area (Å²) in [6, 6.07) is 12.6. The highest BCUT2D eigenvalue weighted by molar-refractivity contribution is 8.00. The van der Waals surface area contributed by atoms with Crippen molar-refractivity contribution in [3.63, 3.8) is 0 Å². The molecule has 4 aromatic rings. The van der Waals surface area contributed by atoms with E-state index < -0.39 is 0 Å². The van der Waals surface area contributed by atoms with Crippen molar-refractivity contribution in [3.8, 4) is 0 Å². The lowest BCUT2D eigenvalue weighted by Crippen LogP contribution is -2.15. The quantitative estimate of drug-likeness (QED) is 0.389. The van der Waals surface area contributed by atoms with Gasteiger partial charge in [0.15, 0.2) is 4.34 Å². The molecule has 0 fully saturated rings. The van der Waals surface area contributed by atoms with Crippen LogP contribution in [0.4, 0.5) is 5.13 Å². The number of hydrogen-bond donors (Lipinski definition) is 1. The van der Waals surface area contributed by atoms with Gasteiger partial charge in [0, 0.05) is 23.6 Å². The summed E-state index contributed by atoms with van der Waals surface area (Å²) in [6.07, 6.45) is 1.73. The summed E-state index contributed by atoms with van der Waals surface area (Å²) < 4.78 is 2.21. The molecule has 7 nitrogen and oxygen atoms in total. The average molecular weight is 424 g/mol. The number of amides is 1. The molecular formula is C20H17N5O2S2. The summed E-state index contributed by atoms with van der Waals surface area (Å²) in [5, 5.41) is 11.4. The van der Waals surface area contributed by atoms with Gasteiger partial charge in [0.25, 0.3) is 11.5 Å². The zero-order valence-corrected chi connectivity index (χ0v) is 17.4. The zero-order valence-electron chi connectivity index (χ0n) is 15.7. The number of carbonyl (C=O) groups is 1. The molecule has 0 atom stereocenters. The van der Waals surface area contributed by atoms with E-state index in [2.05, 4.69) is 20.5 Å². The van der Waals surface area contributed by atoms with E-state index in [1.54, 1.807) is 12.3 Å². The van der Waals surface area contributed by atoms with Crippen LogP contribution in [0, 0.1) is 13.8 Å². The molecule has 1 aromatic carbocycles. The van der Waals surface area contributed by atoms with Crippen molar-refractivity contribution in [1.82, 2.24) is 19.6 Å². The SMILES string of the molecule is Cc1ccn2c(=O)cc(CSc3nnc(NC(=O)c4ccccc4C)s3)nc2c1. The van der Waals surface area contributed by atoms with Crippen LogP contribution in [0.5, 0.6) is 0 Å². The number of aryl methyl sites for hydroxylation is 2. The van der Waals surface area contributed by atoms with E-state index in [9.17, 15) is 9.59 Å². The number of aromatic nitrogens is 4. The summed E-state index contributed by atoms with van der Waals surface area (Å²) >= 11 is 2.71. The Labute approximate surface area is 174 Å². The van der Waals surface area contributed by atoms with Crippen molar-refractivity contribution in [3.05, 3.63) is 81.4 Å². The van der Waals surface area contributed by atoms with Crippen LogP contribution in [0.25, 0.3) is 5.65 Å². The predicted octanol–water partition coefficient (Wildman–Crippen LogP) is 3.71. The number of rotatable bonds is 5. The number of pyridine rings is 1. The number of carbonyl (C=O) groups excluding carboxylic acids is 1. The summed E-state index contributed by atoms with van der Waals surface area (Å²) in [7, 11) is 0. The van der Waals surface area contributed by atoms with Gasteiger partial charge >= 0.3 is 0 Å². The minimum Gasteiger partial charge on any atom is -0.296 e. The van der Waals surface area contributed by atoms with Crippen LogP contribution in [0.1, 0.15) is 27.2 Å². The second-order valence-electron chi connectivity index (χ2n) is 6.45. The van der Waals surface area contributed by atoms with E-state index in [4.69, 9.17) is 0 Å². The molecule has 0 aliphatic heterocycles. The minimum atomic E-state index is -0.213. The topological polar surface area (TPSA) is 89.3 Å². The Kier molecular flexibility index (Phi) is 5.41. The van der Waals surface area contributed by atoms with Crippen LogP contribution in [0.2, 0.25) is 0 Å². The highest BCUT2D eigenvalue weighted by Crippen LogP contribution is 2.28. The number of thioether (sulfide) groups is 1. The first kappa shape index (κ1) is 19.3. The van der Waals surface area contributed by atoms with E-state index in [0.717, 1.165) is 11.1 Å². The van der Waals surface area contributed by atoms with Crippen LogP contribution in [-0.2, 0) is 5.75 Å². The van der Waals surface area contributed by atoms with Crippen LogP contribution in [0.3, 0.4) is 0 Å². The third kappa shape index (κ3) is 4.36.